The lowest BCUT2D eigenvalue weighted by atomic mass is 10.1. The summed E-state index contributed by atoms with van der Waals surface area (Å²) in [5, 5.41) is 3.26. The number of nitrogens with two attached hydrogens (primary N) is 1. The van der Waals surface area contributed by atoms with Gasteiger partial charge in [0.1, 0.15) is 0 Å². The predicted octanol–water partition coefficient (Wildman–Crippen LogP) is 3.52. The van der Waals surface area contributed by atoms with E-state index < -0.39 is 0 Å². The molecule has 2 rings (SSSR count). The maximum atomic E-state index is 11.3. The van der Waals surface area contributed by atoms with Crippen LogP contribution in [-0.2, 0) is 0 Å². The predicted molar refractivity (Wildman–Crippen MR) is 75.3 cm³/mol. The minimum absolute atomic E-state index is 0.0522. The molecular weight excluding hydrogens is 224 g/mol. The number of carbonyl (C=O) groups is 1. The number of hydrogen-bond acceptors (Lipinski definition) is 3. The molecule has 0 heterocycles. The molecule has 0 aliphatic heterocycles. The van der Waals surface area contributed by atoms with Gasteiger partial charge in [0.25, 0.3) is 0 Å². The first-order valence-corrected chi connectivity index (χ1v) is 5.81. The molecule has 92 valence electrons. The second kappa shape index (κ2) is 4.92. The first-order valence-electron chi connectivity index (χ1n) is 5.81. The summed E-state index contributed by atoms with van der Waals surface area (Å²) in [7, 11) is 0. The van der Waals surface area contributed by atoms with Crippen LogP contribution in [0.2, 0.25) is 0 Å². The summed E-state index contributed by atoms with van der Waals surface area (Å²) in [5.41, 5.74) is 10.1. The van der Waals surface area contributed by atoms with Gasteiger partial charge in [0.05, 0.1) is 11.4 Å². The van der Waals surface area contributed by atoms with E-state index in [-0.39, 0.29) is 5.78 Å². The summed E-state index contributed by atoms with van der Waals surface area (Å²) in [6.07, 6.45) is 0. The highest BCUT2D eigenvalue weighted by molar-refractivity contribution is 5.95. The second-order valence-electron chi connectivity index (χ2n) is 4.30. The number of ketones is 1. The van der Waals surface area contributed by atoms with E-state index in [1.807, 2.05) is 43.3 Å². The number of rotatable bonds is 3. The highest BCUT2D eigenvalue weighted by Gasteiger charge is 2.05. The van der Waals surface area contributed by atoms with Crippen LogP contribution in [-0.4, -0.2) is 5.78 Å². The Morgan fingerprint density at radius 1 is 1.17 bits per heavy atom. The van der Waals surface area contributed by atoms with Gasteiger partial charge in [-0.3, -0.25) is 4.79 Å². The van der Waals surface area contributed by atoms with Crippen LogP contribution in [0.1, 0.15) is 22.8 Å². The van der Waals surface area contributed by atoms with Gasteiger partial charge in [-0.15, -0.1) is 0 Å². The first kappa shape index (κ1) is 12.2. The van der Waals surface area contributed by atoms with Gasteiger partial charge in [-0.2, -0.15) is 0 Å². The maximum Gasteiger partial charge on any atom is 0.159 e. The number of para-hydroxylation sites is 1. The van der Waals surface area contributed by atoms with E-state index in [1.165, 1.54) is 0 Å². The monoisotopic (exact) mass is 240 g/mol. The Bertz CT molecular complexity index is 571. The second-order valence-corrected chi connectivity index (χ2v) is 4.30. The van der Waals surface area contributed by atoms with Crippen LogP contribution in [0.4, 0.5) is 17.1 Å². The quantitative estimate of drug-likeness (QED) is 0.637. The van der Waals surface area contributed by atoms with Crippen LogP contribution >= 0.6 is 0 Å². The molecule has 3 heteroatoms. The fourth-order valence-corrected chi connectivity index (χ4v) is 1.82. The van der Waals surface area contributed by atoms with Crippen molar-refractivity contribution in [3.63, 3.8) is 0 Å². The van der Waals surface area contributed by atoms with Crippen molar-refractivity contribution in [3.8, 4) is 0 Å². The highest BCUT2D eigenvalue weighted by Crippen LogP contribution is 2.27. The molecule has 0 aliphatic rings. The Hall–Kier alpha value is -2.29. The molecule has 0 fully saturated rings. The van der Waals surface area contributed by atoms with Gasteiger partial charge in [0, 0.05) is 11.3 Å². The SMILES string of the molecule is CC(=O)c1cccc(Nc2c(C)cccc2N)c1. The molecule has 0 aromatic heterocycles. The summed E-state index contributed by atoms with van der Waals surface area (Å²) >= 11 is 0. The lowest BCUT2D eigenvalue weighted by molar-refractivity contribution is 0.101. The van der Waals surface area contributed by atoms with Crippen molar-refractivity contribution in [2.45, 2.75) is 13.8 Å². The fourth-order valence-electron chi connectivity index (χ4n) is 1.82. The number of nitrogens with one attached hydrogen (secondary N) is 1. The van der Waals surface area contributed by atoms with Gasteiger partial charge in [-0.05, 0) is 37.6 Å². The Kier molecular flexibility index (Phi) is 3.33. The number of carbonyl (C=O) groups excluding carboxylic acids is 1. The molecule has 0 spiro atoms. The van der Waals surface area contributed by atoms with Crippen molar-refractivity contribution in [2.24, 2.45) is 0 Å². The number of Topliss-reactive ketones (excluding diaryl/α,β-unsaturated/α-hetero) is 1. The summed E-state index contributed by atoms with van der Waals surface area (Å²) in [4.78, 5) is 11.3. The Morgan fingerprint density at radius 3 is 2.56 bits per heavy atom. The van der Waals surface area contributed by atoms with E-state index in [0.29, 0.717) is 11.3 Å². The highest BCUT2D eigenvalue weighted by atomic mass is 16.1. The van der Waals surface area contributed by atoms with Crippen molar-refractivity contribution >= 4 is 22.8 Å². The van der Waals surface area contributed by atoms with Crippen LogP contribution < -0.4 is 11.1 Å². The van der Waals surface area contributed by atoms with E-state index >= 15 is 0 Å². The van der Waals surface area contributed by atoms with E-state index in [1.54, 1.807) is 13.0 Å². The zero-order valence-corrected chi connectivity index (χ0v) is 10.5. The van der Waals surface area contributed by atoms with Crippen molar-refractivity contribution in [2.75, 3.05) is 11.1 Å². The van der Waals surface area contributed by atoms with Gasteiger partial charge in [-0.25, -0.2) is 0 Å². The number of benzene rings is 2. The molecule has 0 amide bonds. The van der Waals surface area contributed by atoms with Gasteiger partial charge in [0.15, 0.2) is 5.78 Å². The standard InChI is InChI=1S/C15H16N2O/c1-10-5-3-8-14(16)15(10)17-13-7-4-6-12(9-13)11(2)18/h3-9,17H,16H2,1-2H3. The number of hydrogen-bond donors (Lipinski definition) is 2. The first-order chi connectivity index (χ1) is 8.58. The van der Waals surface area contributed by atoms with Crippen molar-refractivity contribution < 1.29 is 4.79 Å². The van der Waals surface area contributed by atoms with Crippen molar-refractivity contribution in [1.29, 1.82) is 0 Å². The molecule has 0 saturated carbocycles. The molecule has 0 saturated heterocycles. The van der Waals surface area contributed by atoms with Crippen LogP contribution in [0.3, 0.4) is 0 Å². The minimum Gasteiger partial charge on any atom is -0.397 e. The summed E-state index contributed by atoms with van der Waals surface area (Å²) in [6, 6.07) is 13.2. The molecule has 0 atom stereocenters. The average molecular weight is 240 g/mol. The minimum atomic E-state index is 0.0522. The Balaban J connectivity index is 2.34. The van der Waals surface area contributed by atoms with Gasteiger partial charge in [0.2, 0.25) is 0 Å². The molecule has 2 aromatic carbocycles. The zero-order valence-electron chi connectivity index (χ0n) is 10.5. The molecule has 18 heavy (non-hydrogen) atoms. The average Bonchev–Trinajstić information content (AvgIpc) is 2.34. The summed E-state index contributed by atoms with van der Waals surface area (Å²) in [6.45, 7) is 3.55. The van der Waals surface area contributed by atoms with Gasteiger partial charge in [-0.1, -0.05) is 24.3 Å². The zero-order chi connectivity index (χ0) is 13.1. The topological polar surface area (TPSA) is 55.1 Å². The third-order valence-electron chi connectivity index (χ3n) is 2.84. The summed E-state index contributed by atoms with van der Waals surface area (Å²) < 4.78 is 0. The van der Waals surface area contributed by atoms with E-state index in [2.05, 4.69) is 5.32 Å². The van der Waals surface area contributed by atoms with Crippen molar-refractivity contribution in [1.82, 2.24) is 0 Å². The van der Waals surface area contributed by atoms with Crippen LogP contribution in [0.5, 0.6) is 0 Å². The Labute approximate surface area is 107 Å². The lowest BCUT2D eigenvalue weighted by Gasteiger charge is -2.12. The van der Waals surface area contributed by atoms with E-state index in [0.717, 1.165) is 16.9 Å². The van der Waals surface area contributed by atoms with E-state index in [9.17, 15) is 4.79 Å². The fraction of sp³-hybridized carbons (Fsp3) is 0.133. The molecule has 0 aliphatic carbocycles. The number of aryl methyl sites for hydroxylation is 1. The molecule has 0 radical (unpaired) electrons. The summed E-state index contributed by atoms with van der Waals surface area (Å²) in [5.74, 6) is 0.0522. The molecule has 3 N–H and O–H groups in total. The number of nitrogen functional groups attached to an aromatic ring is 1. The third kappa shape index (κ3) is 2.51. The third-order valence-corrected chi connectivity index (χ3v) is 2.84. The normalized spacial score (nSPS) is 10.1. The van der Waals surface area contributed by atoms with Crippen LogP contribution in [0.15, 0.2) is 42.5 Å². The largest absolute Gasteiger partial charge is 0.397 e. The van der Waals surface area contributed by atoms with Gasteiger partial charge < -0.3 is 11.1 Å². The molecule has 0 unspecified atom stereocenters. The maximum absolute atomic E-state index is 11.3. The molecule has 3 nitrogen and oxygen atoms in total. The lowest BCUT2D eigenvalue weighted by Crippen LogP contribution is -2.00. The van der Waals surface area contributed by atoms with Gasteiger partial charge >= 0.3 is 0 Å². The molecule has 2 aromatic rings. The smallest absolute Gasteiger partial charge is 0.159 e. The van der Waals surface area contributed by atoms with E-state index in [4.69, 9.17) is 5.73 Å². The Morgan fingerprint density at radius 2 is 1.89 bits per heavy atom. The molecule has 0 bridgehead atoms. The molecular formula is C15H16N2O. The van der Waals surface area contributed by atoms with Crippen LogP contribution in [0, 0.1) is 6.92 Å². The van der Waals surface area contributed by atoms with Crippen LogP contribution in [0.25, 0.3) is 0 Å². The van der Waals surface area contributed by atoms with Crippen molar-refractivity contribution in [3.05, 3.63) is 53.6 Å². The number of anilines is 3.